The maximum atomic E-state index is 3.70. The van der Waals surface area contributed by atoms with Gasteiger partial charge in [-0.25, -0.2) is 0 Å². The third-order valence-corrected chi connectivity index (χ3v) is 4.93. The number of benzene rings is 2. The van der Waals surface area contributed by atoms with Crippen molar-refractivity contribution in [3.8, 4) is 0 Å². The molecule has 0 radical (unpaired) electrons. The minimum atomic E-state index is 0.344. The van der Waals surface area contributed by atoms with Crippen LogP contribution < -0.4 is 5.32 Å². The number of rotatable bonds is 6. The van der Waals surface area contributed by atoms with Crippen molar-refractivity contribution < 1.29 is 0 Å². The molecule has 2 aromatic carbocycles. The highest BCUT2D eigenvalue weighted by Crippen LogP contribution is 2.28. The first-order valence-corrected chi connectivity index (χ1v) is 9.21. The van der Waals surface area contributed by atoms with Crippen LogP contribution in [0.15, 0.2) is 46.9 Å². The average molecular weight is 458 g/mol. The van der Waals surface area contributed by atoms with Gasteiger partial charge in [0.15, 0.2) is 0 Å². The Bertz CT molecular complexity index is 580. The van der Waals surface area contributed by atoms with Gasteiger partial charge in [0.05, 0.1) is 0 Å². The monoisotopic (exact) mass is 457 g/mol. The summed E-state index contributed by atoms with van der Waals surface area (Å²) in [7, 11) is 0. The third-order valence-electron chi connectivity index (χ3n) is 3.53. The summed E-state index contributed by atoms with van der Waals surface area (Å²) in [5.41, 5.74) is 4.03. The lowest BCUT2D eigenvalue weighted by atomic mass is 9.98. The number of hydrogen-bond acceptors (Lipinski definition) is 1. The van der Waals surface area contributed by atoms with Crippen molar-refractivity contribution in [2.75, 3.05) is 6.54 Å². The molecular formula is C18H21BrIN. The van der Waals surface area contributed by atoms with Gasteiger partial charge in [0.1, 0.15) is 0 Å². The van der Waals surface area contributed by atoms with Crippen LogP contribution in [-0.2, 0) is 6.42 Å². The molecule has 0 fully saturated rings. The molecule has 0 aromatic heterocycles. The van der Waals surface area contributed by atoms with E-state index in [-0.39, 0.29) is 0 Å². The van der Waals surface area contributed by atoms with E-state index in [2.05, 4.69) is 100 Å². The van der Waals surface area contributed by atoms with Crippen molar-refractivity contribution >= 4 is 38.5 Å². The number of halogens is 2. The molecule has 2 aromatic rings. The highest BCUT2D eigenvalue weighted by molar-refractivity contribution is 14.1. The van der Waals surface area contributed by atoms with Crippen LogP contribution in [0.3, 0.4) is 0 Å². The first kappa shape index (κ1) is 17.0. The lowest BCUT2D eigenvalue weighted by molar-refractivity contribution is 0.527. The quantitative estimate of drug-likeness (QED) is 0.553. The lowest BCUT2D eigenvalue weighted by Crippen LogP contribution is -2.24. The second-order valence-corrected chi connectivity index (χ2v) is 7.46. The van der Waals surface area contributed by atoms with Gasteiger partial charge in [-0.05, 0) is 78.2 Å². The van der Waals surface area contributed by atoms with Crippen molar-refractivity contribution in [1.29, 1.82) is 0 Å². The van der Waals surface area contributed by atoms with Crippen LogP contribution in [-0.4, -0.2) is 6.54 Å². The first-order chi connectivity index (χ1) is 10.1. The molecule has 3 heteroatoms. The van der Waals surface area contributed by atoms with Crippen LogP contribution >= 0.6 is 38.5 Å². The predicted octanol–water partition coefficient (Wildman–Crippen LogP) is 5.65. The van der Waals surface area contributed by atoms with Crippen molar-refractivity contribution in [2.24, 2.45) is 0 Å². The van der Waals surface area contributed by atoms with E-state index >= 15 is 0 Å². The van der Waals surface area contributed by atoms with Crippen molar-refractivity contribution in [3.63, 3.8) is 0 Å². The van der Waals surface area contributed by atoms with E-state index < -0.39 is 0 Å². The van der Waals surface area contributed by atoms with Gasteiger partial charge >= 0.3 is 0 Å². The number of aryl methyl sites for hydroxylation is 1. The highest BCUT2D eigenvalue weighted by Gasteiger charge is 2.15. The van der Waals surface area contributed by atoms with E-state index in [9.17, 15) is 0 Å². The molecule has 0 aliphatic rings. The Labute approximate surface area is 149 Å². The van der Waals surface area contributed by atoms with Gasteiger partial charge in [-0.2, -0.15) is 0 Å². The third kappa shape index (κ3) is 5.08. The van der Waals surface area contributed by atoms with E-state index in [1.54, 1.807) is 0 Å². The van der Waals surface area contributed by atoms with Crippen LogP contribution in [0.5, 0.6) is 0 Å². The summed E-state index contributed by atoms with van der Waals surface area (Å²) < 4.78 is 2.46. The van der Waals surface area contributed by atoms with Crippen LogP contribution in [0, 0.1) is 10.5 Å². The molecule has 112 valence electrons. The zero-order valence-corrected chi connectivity index (χ0v) is 16.2. The van der Waals surface area contributed by atoms with Gasteiger partial charge in [-0.3, -0.25) is 0 Å². The van der Waals surface area contributed by atoms with Gasteiger partial charge in [-0.15, -0.1) is 0 Å². The van der Waals surface area contributed by atoms with Gasteiger partial charge in [0.25, 0.3) is 0 Å². The summed E-state index contributed by atoms with van der Waals surface area (Å²) in [6, 6.07) is 15.7. The highest BCUT2D eigenvalue weighted by atomic mass is 127. The fourth-order valence-electron chi connectivity index (χ4n) is 2.35. The molecule has 1 N–H and O–H groups in total. The lowest BCUT2D eigenvalue weighted by Gasteiger charge is -2.21. The maximum Gasteiger partial charge on any atom is 0.0372 e. The van der Waals surface area contributed by atoms with Crippen molar-refractivity contribution in [1.82, 2.24) is 5.32 Å². The smallest absolute Gasteiger partial charge is 0.0372 e. The van der Waals surface area contributed by atoms with Crippen LogP contribution in [0.25, 0.3) is 0 Å². The molecule has 0 saturated heterocycles. The molecule has 0 aliphatic heterocycles. The second kappa shape index (κ2) is 8.30. The average Bonchev–Trinajstić information content (AvgIpc) is 2.48. The molecule has 1 nitrogen and oxygen atoms in total. The molecule has 1 unspecified atom stereocenters. The number of nitrogens with one attached hydrogen (secondary N) is 1. The minimum Gasteiger partial charge on any atom is -0.310 e. The zero-order valence-electron chi connectivity index (χ0n) is 12.5. The van der Waals surface area contributed by atoms with E-state index in [1.165, 1.54) is 24.7 Å². The number of hydrogen-bond donors (Lipinski definition) is 1. The summed E-state index contributed by atoms with van der Waals surface area (Å²) >= 11 is 6.08. The Morgan fingerprint density at radius 1 is 1.14 bits per heavy atom. The van der Waals surface area contributed by atoms with E-state index in [0.29, 0.717) is 6.04 Å². The van der Waals surface area contributed by atoms with Gasteiger partial charge in [0.2, 0.25) is 0 Å². The molecule has 0 saturated carbocycles. The molecule has 1 atom stereocenters. The Hall–Kier alpha value is -0.390. The predicted molar refractivity (Wildman–Crippen MR) is 103 cm³/mol. The van der Waals surface area contributed by atoms with Crippen LogP contribution in [0.2, 0.25) is 0 Å². The SMILES string of the molecule is CCCNC(Cc1ccc(C)cc1)c1cc(I)ccc1Br. The molecular weight excluding hydrogens is 437 g/mol. The normalized spacial score (nSPS) is 12.4. The van der Waals surface area contributed by atoms with Crippen molar-refractivity contribution in [3.05, 3.63) is 67.2 Å². The topological polar surface area (TPSA) is 12.0 Å². The molecule has 2 rings (SSSR count). The van der Waals surface area contributed by atoms with Gasteiger partial charge in [0, 0.05) is 14.1 Å². The molecule has 0 aliphatic carbocycles. The zero-order chi connectivity index (χ0) is 15.2. The van der Waals surface area contributed by atoms with Crippen LogP contribution in [0.1, 0.15) is 36.1 Å². The van der Waals surface area contributed by atoms with E-state index in [0.717, 1.165) is 19.4 Å². The van der Waals surface area contributed by atoms with Crippen LogP contribution in [0.4, 0.5) is 0 Å². The molecule has 0 heterocycles. The summed E-state index contributed by atoms with van der Waals surface area (Å²) in [4.78, 5) is 0. The Morgan fingerprint density at radius 3 is 2.52 bits per heavy atom. The fraction of sp³-hybridized carbons (Fsp3) is 0.333. The Morgan fingerprint density at radius 2 is 1.86 bits per heavy atom. The summed E-state index contributed by atoms with van der Waals surface area (Å²) in [6.07, 6.45) is 2.16. The molecule has 21 heavy (non-hydrogen) atoms. The van der Waals surface area contributed by atoms with Crippen molar-refractivity contribution in [2.45, 2.75) is 32.7 Å². The standard InChI is InChI=1S/C18H21BrIN/c1-3-10-21-18(11-14-6-4-13(2)5-7-14)16-12-15(20)8-9-17(16)19/h4-9,12,18,21H,3,10-11H2,1-2H3. The molecule has 0 amide bonds. The first-order valence-electron chi connectivity index (χ1n) is 7.34. The summed E-state index contributed by atoms with van der Waals surface area (Å²) in [6.45, 7) is 5.38. The van der Waals surface area contributed by atoms with Gasteiger partial charge < -0.3 is 5.32 Å². The Balaban J connectivity index is 2.25. The van der Waals surface area contributed by atoms with E-state index in [1.807, 2.05) is 0 Å². The second-order valence-electron chi connectivity index (χ2n) is 5.36. The largest absolute Gasteiger partial charge is 0.310 e. The summed E-state index contributed by atoms with van der Waals surface area (Å²) in [5.74, 6) is 0. The molecule has 0 bridgehead atoms. The van der Waals surface area contributed by atoms with Gasteiger partial charge in [-0.1, -0.05) is 52.7 Å². The molecule has 0 spiro atoms. The fourth-order valence-corrected chi connectivity index (χ4v) is 3.39. The maximum absolute atomic E-state index is 3.70. The minimum absolute atomic E-state index is 0.344. The summed E-state index contributed by atoms with van der Waals surface area (Å²) in [5, 5.41) is 3.68. The van der Waals surface area contributed by atoms with E-state index in [4.69, 9.17) is 0 Å². The Kier molecular flexibility index (Phi) is 6.71.